The van der Waals surface area contributed by atoms with E-state index in [2.05, 4.69) is 27.9 Å². The van der Waals surface area contributed by atoms with Crippen molar-refractivity contribution < 1.29 is 84.0 Å². The van der Waals surface area contributed by atoms with Crippen molar-refractivity contribution in [1.82, 2.24) is 25.6 Å². The van der Waals surface area contributed by atoms with Crippen molar-refractivity contribution >= 4 is 11.8 Å². The van der Waals surface area contributed by atoms with Crippen LogP contribution in [0.2, 0.25) is 0 Å². The minimum absolute atomic E-state index is 0.0718. The average Bonchev–Trinajstić information content (AvgIpc) is 3.72. The molecule has 0 aliphatic carbocycles. The molecule has 4 rings (SSSR count). The van der Waals surface area contributed by atoms with Gasteiger partial charge in [0.25, 0.3) is 5.91 Å². The maximum Gasteiger partial charge on any atom is 0.273 e. The van der Waals surface area contributed by atoms with Crippen LogP contribution in [0, 0.1) is 0 Å². The molecule has 11 N–H and O–H groups in total. The van der Waals surface area contributed by atoms with Crippen LogP contribution in [0.3, 0.4) is 0 Å². The number of hydrogen-bond donors (Lipinski definition) is 11. The highest BCUT2D eigenvalue weighted by atomic mass is 16.8. The fourth-order valence-corrected chi connectivity index (χ4v) is 7.61. The smallest absolute Gasteiger partial charge is 0.273 e. The molecule has 352 valence electrons. The van der Waals surface area contributed by atoms with Crippen LogP contribution in [-0.2, 0) is 39.8 Å². The quantitative estimate of drug-likeness (QED) is 0.0422. The molecular formula is C39H69N5O17. The second-order valence-electron chi connectivity index (χ2n) is 15.9. The van der Waals surface area contributed by atoms with E-state index < -0.39 is 118 Å². The van der Waals surface area contributed by atoms with E-state index in [0.717, 1.165) is 26.2 Å². The minimum Gasteiger partial charge on any atom is -0.394 e. The number of aliphatic hydroxyl groups is 9. The molecule has 1 aromatic rings. The number of ether oxygens (including phenoxy) is 6. The summed E-state index contributed by atoms with van der Waals surface area (Å²) in [6.07, 6.45) is -7.18. The van der Waals surface area contributed by atoms with E-state index in [1.807, 2.05) is 0 Å². The Labute approximate surface area is 355 Å². The van der Waals surface area contributed by atoms with Gasteiger partial charge in [-0.2, -0.15) is 0 Å². The summed E-state index contributed by atoms with van der Waals surface area (Å²) in [6.45, 7) is 1.41. The van der Waals surface area contributed by atoms with E-state index >= 15 is 0 Å². The zero-order valence-electron chi connectivity index (χ0n) is 35.1. The summed E-state index contributed by atoms with van der Waals surface area (Å²) in [6, 6.07) is -1.45. The molecule has 0 unspecified atom stereocenters. The summed E-state index contributed by atoms with van der Waals surface area (Å²) < 4.78 is 35.4. The zero-order valence-corrected chi connectivity index (χ0v) is 35.1. The first-order valence-electron chi connectivity index (χ1n) is 21.6. The highest BCUT2D eigenvalue weighted by Crippen LogP contribution is 2.33. The van der Waals surface area contributed by atoms with E-state index in [9.17, 15) is 55.5 Å². The Balaban J connectivity index is 1.23. The van der Waals surface area contributed by atoms with Crippen molar-refractivity contribution in [3.63, 3.8) is 0 Å². The Morgan fingerprint density at radius 3 is 1.84 bits per heavy atom. The monoisotopic (exact) mass is 879 g/mol. The van der Waals surface area contributed by atoms with Crippen LogP contribution in [-0.4, -0.2) is 198 Å². The van der Waals surface area contributed by atoms with Gasteiger partial charge in [0.05, 0.1) is 39.2 Å². The van der Waals surface area contributed by atoms with Crippen LogP contribution in [0.25, 0.3) is 0 Å². The molecule has 3 aliphatic rings. The zero-order chi connectivity index (χ0) is 44.5. The molecule has 22 heteroatoms. The summed E-state index contributed by atoms with van der Waals surface area (Å²) >= 11 is 0. The van der Waals surface area contributed by atoms with Crippen LogP contribution in [0.15, 0.2) is 6.20 Å². The number of nitrogens with zero attached hydrogens (tertiary/aromatic N) is 3. The topological polar surface area (TPSA) is 326 Å². The van der Waals surface area contributed by atoms with Gasteiger partial charge in [0.1, 0.15) is 73.2 Å². The van der Waals surface area contributed by atoms with Crippen LogP contribution in [0.5, 0.6) is 0 Å². The molecule has 15 atom stereocenters. The third kappa shape index (κ3) is 14.8. The number of nitrogens with one attached hydrogen (secondary N) is 2. The molecular weight excluding hydrogens is 810 g/mol. The van der Waals surface area contributed by atoms with E-state index in [-0.39, 0.29) is 24.8 Å². The molecule has 4 heterocycles. The third-order valence-corrected chi connectivity index (χ3v) is 11.2. The molecule has 0 aromatic carbocycles. The standard InChI is InChI=1S/C39H69N5O17/c1-3-4-5-6-7-8-9-10-11-12-13-14-15-40-36(55)23-18-44(43-42-23)16-17-56-38-32(53)31(52)34(26(21-47)59-38)60-39-33(54)35(29(50)25(20-46)58-39)61-37-27(41-22(2)48)30(51)28(49)24(19-45)57-37/h18,24-35,37-39,45-47,49-54H,3-17,19-21H2,1-2H3,(H,40,55)(H,41,48)/t24-,25-,26-,27-,28-,29+,30-,31-,32-,33-,34-,35+,37+,38-,39+/m1/s1. The van der Waals surface area contributed by atoms with Crippen molar-refractivity contribution in [2.75, 3.05) is 33.0 Å². The Morgan fingerprint density at radius 2 is 1.23 bits per heavy atom. The SMILES string of the molecule is CCCCCCCCCCCCCCNC(=O)c1cn(CCO[C@@H]2O[C@H](CO)[C@@H](O[C@@H]3O[C@H](CO)[C@H](O)[C@H](O[C@@H]4O[C@H](CO)[C@@H](O)[C@H](O)[C@H]4NC(C)=O)[C@H]3O)[C@H](O)[C@H]2O)nn1. The molecule has 2 amide bonds. The molecule has 0 radical (unpaired) electrons. The highest BCUT2D eigenvalue weighted by molar-refractivity contribution is 5.91. The lowest BCUT2D eigenvalue weighted by Gasteiger charge is -2.48. The summed E-state index contributed by atoms with van der Waals surface area (Å²) in [7, 11) is 0. The fraction of sp³-hybridized carbons (Fsp3) is 0.897. The van der Waals surface area contributed by atoms with Gasteiger partial charge in [0, 0.05) is 13.5 Å². The Bertz CT molecular complexity index is 1410. The number of unbranched alkanes of at least 4 members (excludes halogenated alkanes) is 11. The highest BCUT2D eigenvalue weighted by Gasteiger charge is 2.54. The maximum absolute atomic E-state index is 12.6. The third-order valence-electron chi connectivity index (χ3n) is 11.2. The average molecular weight is 880 g/mol. The van der Waals surface area contributed by atoms with Gasteiger partial charge in [-0.3, -0.25) is 9.59 Å². The minimum atomic E-state index is -1.95. The summed E-state index contributed by atoms with van der Waals surface area (Å²) in [5.41, 5.74) is 0.115. The summed E-state index contributed by atoms with van der Waals surface area (Å²) in [5, 5.41) is 108. The Morgan fingerprint density at radius 1 is 0.672 bits per heavy atom. The van der Waals surface area contributed by atoms with Gasteiger partial charge >= 0.3 is 0 Å². The predicted octanol–water partition coefficient (Wildman–Crippen LogP) is -2.68. The van der Waals surface area contributed by atoms with Gasteiger partial charge in [-0.25, -0.2) is 4.68 Å². The number of aromatic nitrogens is 3. The predicted molar refractivity (Wildman–Crippen MR) is 210 cm³/mol. The van der Waals surface area contributed by atoms with Gasteiger partial charge in [-0.15, -0.1) is 5.10 Å². The lowest BCUT2D eigenvalue weighted by atomic mass is 9.95. The lowest BCUT2D eigenvalue weighted by Crippen LogP contribution is -2.68. The number of carbonyl (C=O) groups excluding carboxylic acids is 2. The molecule has 3 aliphatic heterocycles. The first-order chi connectivity index (χ1) is 29.3. The molecule has 1 aromatic heterocycles. The molecule has 3 fully saturated rings. The van der Waals surface area contributed by atoms with Gasteiger partial charge in [-0.05, 0) is 6.42 Å². The van der Waals surface area contributed by atoms with Gasteiger partial charge in [0.2, 0.25) is 5.91 Å². The normalized spacial score (nSPS) is 34.3. The number of aliphatic hydroxyl groups excluding tert-OH is 9. The first-order valence-corrected chi connectivity index (χ1v) is 21.6. The van der Waals surface area contributed by atoms with E-state index in [4.69, 9.17) is 28.4 Å². The summed E-state index contributed by atoms with van der Waals surface area (Å²) in [4.78, 5) is 24.5. The molecule has 0 bridgehead atoms. The second-order valence-corrected chi connectivity index (χ2v) is 15.9. The van der Waals surface area contributed by atoms with Crippen LogP contribution in [0.1, 0.15) is 101 Å². The van der Waals surface area contributed by atoms with E-state index in [1.54, 1.807) is 0 Å². The van der Waals surface area contributed by atoms with E-state index in [0.29, 0.717) is 6.54 Å². The molecule has 61 heavy (non-hydrogen) atoms. The first kappa shape index (κ1) is 51.1. The number of carbonyl (C=O) groups is 2. The van der Waals surface area contributed by atoms with Crippen LogP contribution in [0.4, 0.5) is 0 Å². The number of amides is 2. The molecule has 3 saturated heterocycles. The molecule has 0 saturated carbocycles. The largest absolute Gasteiger partial charge is 0.394 e. The molecule has 22 nitrogen and oxygen atoms in total. The number of hydrogen-bond acceptors (Lipinski definition) is 19. The van der Waals surface area contributed by atoms with Gasteiger partial charge in [0.15, 0.2) is 24.6 Å². The van der Waals surface area contributed by atoms with Crippen molar-refractivity contribution in [1.29, 1.82) is 0 Å². The molecule has 0 spiro atoms. The Hall–Kier alpha value is -2.52. The van der Waals surface area contributed by atoms with Gasteiger partial charge < -0.3 is 85.0 Å². The van der Waals surface area contributed by atoms with Crippen molar-refractivity contribution in [3.05, 3.63) is 11.9 Å². The van der Waals surface area contributed by atoms with Gasteiger partial charge in [-0.1, -0.05) is 82.8 Å². The second kappa shape index (κ2) is 26.3. The van der Waals surface area contributed by atoms with Crippen molar-refractivity contribution in [2.45, 2.75) is 189 Å². The van der Waals surface area contributed by atoms with Crippen molar-refractivity contribution in [2.24, 2.45) is 0 Å². The van der Waals surface area contributed by atoms with E-state index in [1.165, 1.54) is 68.7 Å². The summed E-state index contributed by atoms with van der Waals surface area (Å²) in [5.74, 6) is -1.02. The lowest BCUT2D eigenvalue weighted by molar-refractivity contribution is -0.375. The number of rotatable bonds is 26. The Kier molecular flexibility index (Phi) is 22.0. The van der Waals surface area contributed by atoms with Crippen LogP contribution < -0.4 is 10.6 Å². The van der Waals surface area contributed by atoms with Crippen molar-refractivity contribution in [3.8, 4) is 0 Å². The maximum atomic E-state index is 12.6. The fourth-order valence-electron chi connectivity index (χ4n) is 7.61. The van der Waals surface area contributed by atoms with Crippen LogP contribution >= 0.6 is 0 Å².